The fourth-order valence-corrected chi connectivity index (χ4v) is 4.31. The molecule has 0 aliphatic carbocycles. The monoisotopic (exact) mass is 347 g/mol. The number of fused-ring (bicyclic) bond motifs is 1. The van der Waals surface area contributed by atoms with Gasteiger partial charge in [-0.2, -0.15) is 9.61 Å². The molecule has 24 heavy (non-hydrogen) atoms. The predicted molar refractivity (Wildman–Crippen MR) is 88.9 cm³/mol. The Bertz CT molecular complexity index is 841. The quantitative estimate of drug-likeness (QED) is 0.719. The summed E-state index contributed by atoms with van der Waals surface area (Å²) in [5.74, 6) is 0.975. The van der Waals surface area contributed by atoms with Gasteiger partial charge >= 0.3 is 0 Å². The van der Waals surface area contributed by atoms with E-state index in [4.69, 9.17) is 9.47 Å². The summed E-state index contributed by atoms with van der Waals surface area (Å²) in [4.78, 5) is 7.13. The molecule has 1 aliphatic heterocycles. The molecule has 8 heteroatoms. The van der Waals surface area contributed by atoms with Crippen molar-refractivity contribution in [3.63, 3.8) is 0 Å². The Kier molecular flexibility index (Phi) is 4.09. The fraction of sp³-hybridized carbons (Fsp3) is 0.375. The molecule has 1 fully saturated rings. The molecule has 0 spiro atoms. The number of methoxy groups -OCH3 is 1. The van der Waals surface area contributed by atoms with E-state index in [1.54, 1.807) is 7.11 Å². The van der Waals surface area contributed by atoms with Gasteiger partial charge in [0.15, 0.2) is 6.04 Å². The number of thiazole rings is 1. The Morgan fingerprint density at radius 1 is 1.38 bits per heavy atom. The van der Waals surface area contributed by atoms with Gasteiger partial charge in [-0.15, -0.1) is 0 Å². The lowest BCUT2D eigenvalue weighted by Crippen LogP contribution is -3.14. The number of aromatic hydroxyl groups is 1. The van der Waals surface area contributed by atoms with Crippen LogP contribution in [0.25, 0.3) is 4.96 Å². The van der Waals surface area contributed by atoms with Crippen LogP contribution in [-0.2, 0) is 4.74 Å². The molecule has 7 nitrogen and oxygen atoms in total. The van der Waals surface area contributed by atoms with Crippen LogP contribution in [0.15, 0.2) is 30.6 Å². The number of hydrogen-bond acceptors (Lipinski definition) is 6. The molecule has 2 aromatic heterocycles. The third kappa shape index (κ3) is 2.62. The number of quaternary nitrogens is 1. The molecule has 1 aromatic carbocycles. The molecular weight excluding hydrogens is 328 g/mol. The van der Waals surface area contributed by atoms with E-state index < -0.39 is 0 Å². The van der Waals surface area contributed by atoms with Crippen LogP contribution >= 0.6 is 11.3 Å². The van der Waals surface area contributed by atoms with Gasteiger partial charge in [-0.25, -0.2) is 4.98 Å². The fourth-order valence-electron chi connectivity index (χ4n) is 3.20. The Labute approximate surface area is 143 Å². The zero-order valence-corrected chi connectivity index (χ0v) is 14.1. The van der Waals surface area contributed by atoms with E-state index in [2.05, 4.69) is 16.1 Å². The lowest BCUT2D eigenvalue weighted by Gasteiger charge is -2.31. The van der Waals surface area contributed by atoms with Crippen LogP contribution in [0.5, 0.6) is 11.6 Å². The molecule has 0 radical (unpaired) electrons. The second-order valence-electron chi connectivity index (χ2n) is 5.72. The number of benzene rings is 1. The van der Waals surface area contributed by atoms with Gasteiger partial charge in [-0.05, 0) is 12.1 Å². The average Bonchev–Trinajstić information content (AvgIpc) is 3.20. The normalized spacial score (nSPS) is 17.2. The minimum absolute atomic E-state index is 0.00231. The van der Waals surface area contributed by atoms with Gasteiger partial charge in [-0.1, -0.05) is 23.5 Å². The summed E-state index contributed by atoms with van der Waals surface area (Å²) in [6.07, 6.45) is 1.46. The average molecular weight is 347 g/mol. The van der Waals surface area contributed by atoms with Gasteiger partial charge in [-0.3, -0.25) is 0 Å². The molecule has 126 valence electrons. The van der Waals surface area contributed by atoms with Gasteiger partial charge in [0.25, 0.3) is 0 Å². The van der Waals surface area contributed by atoms with Crippen molar-refractivity contribution < 1.29 is 19.5 Å². The molecule has 0 bridgehead atoms. The van der Waals surface area contributed by atoms with E-state index in [-0.39, 0.29) is 11.9 Å². The van der Waals surface area contributed by atoms with E-state index in [0.717, 1.165) is 42.5 Å². The smallest absolute Gasteiger partial charge is 0.235 e. The largest absolute Gasteiger partial charge is 0.497 e. The van der Waals surface area contributed by atoms with Crippen molar-refractivity contribution in [1.29, 1.82) is 0 Å². The first-order valence-corrected chi connectivity index (χ1v) is 8.67. The second kappa shape index (κ2) is 6.39. The molecule has 2 N–H and O–H groups in total. The van der Waals surface area contributed by atoms with Crippen LogP contribution in [0.3, 0.4) is 0 Å². The number of morpholine rings is 1. The maximum Gasteiger partial charge on any atom is 0.235 e. The van der Waals surface area contributed by atoms with E-state index in [1.165, 1.54) is 27.1 Å². The lowest BCUT2D eigenvalue weighted by molar-refractivity contribution is -0.932. The number of rotatable bonds is 4. The van der Waals surface area contributed by atoms with Crippen LogP contribution in [0, 0.1) is 0 Å². The molecule has 3 heterocycles. The molecule has 3 aromatic rings. The Morgan fingerprint density at radius 2 is 2.21 bits per heavy atom. The van der Waals surface area contributed by atoms with Gasteiger partial charge in [0.2, 0.25) is 10.8 Å². The van der Waals surface area contributed by atoms with Crippen LogP contribution in [-0.4, -0.2) is 53.1 Å². The van der Waals surface area contributed by atoms with Crippen molar-refractivity contribution in [3.8, 4) is 11.6 Å². The highest BCUT2D eigenvalue weighted by atomic mass is 32.1. The van der Waals surface area contributed by atoms with Gasteiger partial charge in [0.1, 0.15) is 30.0 Å². The minimum Gasteiger partial charge on any atom is -0.497 e. The first kappa shape index (κ1) is 15.4. The molecule has 1 atom stereocenters. The molecule has 0 saturated carbocycles. The summed E-state index contributed by atoms with van der Waals surface area (Å²) in [5.41, 5.74) is 1.10. The first-order valence-electron chi connectivity index (χ1n) is 7.85. The highest BCUT2D eigenvalue weighted by Crippen LogP contribution is 2.35. The predicted octanol–water partition coefficient (Wildman–Crippen LogP) is 0.509. The second-order valence-corrected chi connectivity index (χ2v) is 6.73. The van der Waals surface area contributed by atoms with Crippen molar-refractivity contribution >= 4 is 16.3 Å². The summed E-state index contributed by atoms with van der Waals surface area (Å²) in [7, 11) is 1.66. The van der Waals surface area contributed by atoms with Crippen LogP contribution in [0.4, 0.5) is 0 Å². The number of aromatic nitrogens is 3. The van der Waals surface area contributed by atoms with Crippen molar-refractivity contribution in [1.82, 2.24) is 14.6 Å². The highest BCUT2D eigenvalue weighted by Gasteiger charge is 2.33. The standard InChI is InChI=1S/C16H18N4O3S/c1-22-12-4-2-3-11(9-12)13(19-5-7-23-8-6-19)14-15(21)20-16(24-14)17-10-18-20/h2-4,9-10,13,21H,5-8H2,1H3/p+1/t13-/m1/s1. The third-order valence-corrected chi connectivity index (χ3v) is 5.47. The maximum absolute atomic E-state index is 10.7. The van der Waals surface area contributed by atoms with Crippen LogP contribution in [0.2, 0.25) is 0 Å². The zero-order chi connectivity index (χ0) is 16.5. The lowest BCUT2D eigenvalue weighted by atomic mass is 10.0. The van der Waals surface area contributed by atoms with E-state index in [0.29, 0.717) is 4.96 Å². The molecule has 1 saturated heterocycles. The molecular formula is C16H19N4O3S+. The Balaban J connectivity index is 1.82. The highest BCUT2D eigenvalue weighted by molar-refractivity contribution is 7.17. The van der Waals surface area contributed by atoms with E-state index >= 15 is 0 Å². The first-order chi connectivity index (χ1) is 11.8. The summed E-state index contributed by atoms with van der Waals surface area (Å²) in [5, 5.41) is 14.8. The topological polar surface area (TPSA) is 73.3 Å². The van der Waals surface area contributed by atoms with Crippen LogP contribution < -0.4 is 9.64 Å². The van der Waals surface area contributed by atoms with Crippen molar-refractivity contribution in [3.05, 3.63) is 41.0 Å². The molecule has 1 aliphatic rings. The summed E-state index contributed by atoms with van der Waals surface area (Å²) in [6.45, 7) is 3.21. The van der Waals surface area contributed by atoms with E-state index in [9.17, 15) is 5.11 Å². The number of ether oxygens (including phenoxy) is 2. The van der Waals surface area contributed by atoms with Gasteiger partial charge in [0.05, 0.1) is 20.3 Å². The van der Waals surface area contributed by atoms with Gasteiger partial charge in [0, 0.05) is 5.56 Å². The number of nitrogens with one attached hydrogen (secondary N) is 1. The third-order valence-electron chi connectivity index (χ3n) is 4.37. The Morgan fingerprint density at radius 3 is 2.96 bits per heavy atom. The minimum atomic E-state index is -0.00231. The van der Waals surface area contributed by atoms with Gasteiger partial charge < -0.3 is 19.5 Å². The maximum atomic E-state index is 10.7. The number of nitrogens with zero attached hydrogens (tertiary/aromatic N) is 3. The van der Waals surface area contributed by atoms with E-state index in [1.807, 2.05) is 18.2 Å². The summed E-state index contributed by atoms with van der Waals surface area (Å²) < 4.78 is 12.4. The Hall–Kier alpha value is -2.16. The van der Waals surface area contributed by atoms with Crippen molar-refractivity contribution in [2.45, 2.75) is 6.04 Å². The molecule has 0 unspecified atom stereocenters. The van der Waals surface area contributed by atoms with Crippen molar-refractivity contribution in [2.24, 2.45) is 0 Å². The SMILES string of the molecule is COc1cccc([C@H](c2sc3ncnn3c2O)[NH+]2CCOCC2)c1. The summed E-state index contributed by atoms with van der Waals surface area (Å²) >= 11 is 1.48. The van der Waals surface area contributed by atoms with Crippen molar-refractivity contribution in [2.75, 3.05) is 33.4 Å². The molecule has 4 rings (SSSR count). The zero-order valence-electron chi connectivity index (χ0n) is 13.3. The number of hydrogen-bond donors (Lipinski definition) is 2. The summed E-state index contributed by atoms with van der Waals surface area (Å²) in [6, 6.07) is 8.01. The molecule has 0 amide bonds. The van der Waals surface area contributed by atoms with Crippen LogP contribution in [0.1, 0.15) is 16.5 Å².